The largest absolute Gasteiger partial charge is 0.336 e. The van der Waals surface area contributed by atoms with Gasteiger partial charge in [0.2, 0.25) is 0 Å². The minimum atomic E-state index is -0.739. The van der Waals surface area contributed by atoms with Crippen molar-refractivity contribution in [3.05, 3.63) is 62.9 Å². The minimum absolute atomic E-state index is 0.0172. The first-order valence-corrected chi connectivity index (χ1v) is 9.58. The second-order valence-electron chi connectivity index (χ2n) is 6.77. The topological polar surface area (TPSA) is 135 Å². The van der Waals surface area contributed by atoms with Gasteiger partial charge >= 0.3 is 34.1 Å². The van der Waals surface area contributed by atoms with E-state index in [4.69, 9.17) is 11.6 Å². The van der Waals surface area contributed by atoms with Crippen molar-refractivity contribution in [2.45, 2.75) is 13.1 Å². The zero-order valence-corrected chi connectivity index (χ0v) is 18.0. The summed E-state index contributed by atoms with van der Waals surface area (Å²) in [6.07, 6.45) is 0. The van der Waals surface area contributed by atoms with E-state index in [1.807, 2.05) is 0 Å². The number of nitrogens with zero attached hydrogens (tertiary/aromatic N) is 7. The molecule has 0 saturated carbocycles. The molecule has 2 heterocycles. The molecule has 0 bridgehead atoms. The van der Waals surface area contributed by atoms with Gasteiger partial charge in [0.05, 0.1) is 0 Å². The van der Waals surface area contributed by atoms with E-state index in [1.54, 1.807) is 4.90 Å². The number of hydrogen-bond donors (Lipinski definition) is 0. The first-order chi connectivity index (χ1) is 14.0. The van der Waals surface area contributed by atoms with Gasteiger partial charge in [-0.2, -0.15) is 0 Å². The fourth-order valence-corrected chi connectivity index (χ4v) is 3.22. The van der Waals surface area contributed by atoms with E-state index in [9.17, 15) is 28.8 Å². The van der Waals surface area contributed by atoms with Crippen molar-refractivity contribution in [1.29, 1.82) is 0 Å². The molecule has 30 heavy (non-hydrogen) atoms. The Morgan fingerprint density at radius 2 is 0.867 bits per heavy atom. The molecule has 0 atom stereocenters. The van der Waals surface area contributed by atoms with Crippen LogP contribution in [0, 0.1) is 0 Å². The average Bonchev–Trinajstić information content (AvgIpc) is 2.73. The quantitative estimate of drug-likeness (QED) is 0.378. The molecular weight excluding hydrogens is 422 g/mol. The maximum absolute atomic E-state index is 12.3. The lowest BCUT2D eigenvalue weighted by Gasteiger charge is -2.22. The van der Waals surface area contributed by atoms with Crippen LogP contribution in [-0.2, 0) is 41.3 Å². The SMILES string of the molecule is Cn1c(=O)n(C)c(=O)n(CCN(CCCl)CCn2c(=O)n(C)c(=O)n(C)c2=O)c1=O. The normalized spacial score (nSPS) is 11.4. The first kappa shape index (κ1) is 23.3. The van der Waals surface area contributed by atoms with Crippen molar-refractivity contribution in [2.24, 2.45) is 28.2 Å². The Labute approximate surface area is 174 Å². The highest BCUT2D eigenvalue weighted by Crippen LogP contribution is 1.92. The van der Waals surface area contributed by atoms with E-state index in [0.29, 0.717) is 6.54 Å². The summed E-state index contributed by atoms with van der Waals surface area (Å²) in [5.74, 6) is 0.236. The van der Waals surface area contributed by atoms with Crippen molar-refractivity contribution in [3.8, 4) is 0 Å². The Balaban J connectivity index is 2.27. The van der Waals surface area contributed by atoms with Gasteiger partial charge in [0.25, 0.3) is 0 Å². The van der Waals surface area contributed by atoms with Crippen LogP contribution in [0.1, 0.15) is 0 Å². The van der Waals surface area contributed by atoms with Crippen LogP contribution in [0.15, 0.2) is 28.8 Å². The molecule has 0 amide bonds. The summed E-state index contributed by atoms with van der Waals surface area (Å²) in [5, 5.41) is 0. The average molecular weight is 446 g/mol. The number of aromatic nitrogens is 6. The van der Waals surface area contributed by atoms with Crippen molar-refractivity contribution >= 4 is 11.6 Å². The van der Waals surface area contributed by atoms with E-state index in [0.717, 1.165) is 27.4 Å². The molecule has 0 radical (unpaired) electrons. The van der Waals surface area contributed by atoms with Gasteiger partial charge in [-0.3, -0.25) is 4.90 Å². The van der Waals surface area contributed by atoms with Crippen LogP contribution in [0.4, 0.5) is 0 Å². The zero-order valence-electron chi connectivity index (χ0n) is 17.2. The highest BCUT2D eigenvalue weighted by molar-refractivity contribution is 6.18. The van der Waals surface area contributed by atoms with Gasteiger partial charge < -0.3 is 0 Å². The number of alkyl halides is 1. The third-order valence-corrected chi connectivity index (χ3v) is 5.07. The lowest BCUT2D eigenvalue weighted by molar-refractivity contribution is 0.255. The number of hydrogen-bond acceptors (Lipinski definition) is 7. The summed E-state index contributed by atoms with van der Waals surface area (Å²) in [5.41, 5.74) is -4.39. The number of rotatable bonds is 8. The summed E-state index contributed by atoms with van der Waals surface area (Å²) in [4.78, 5) is 74.4. The van der Waals surface area contributed by atoms with Crippen LogP contribution in [-0.4, -0.2) is 57.8 Å². The van der Waals surface area contributed by atoms with Gasteiger partial charge in [-0.15, -0.1) is 11.6 Å². The summed E-state index contributed by atoms with van der Waals surface area (Å²) < 4.78 is 5.20. The van der Waals surface area contributed by atoms with Gasteiger partial charge in [-0.05, 0) is 0 Å². The maximum Gasteiger partial charge on any atom is 0.336 e. The summed E-state index contributed by atoms with van der Waals surface area (Å²) >= 11 is 5.83. The molecule has 2 aromatic rings. The minimum Gasteiger partial charge on any atom is -0.299 e. The van der Waals surface area contributed by atoms with Crippen LogP contribution in [0.5, 0.6) is 0 Å². The highest BCUT2D eigenvalue weighted by atomic mass is 35.5. The highest BCUT2D eigenvalue weighted by Gasteiger charge is 2.15. The second-order valence-corrected chi connectivity index (χ2v) is 7.14. The Hall–Kier alpha value is -2.93. The predicted octanol–water partition coefficient (Wildman–Crippen LogP) is -3.95. The molecule has 0 fully saturated rings. The third-order valence-electron chi connectivity index (χ3n) is 4.90. The molecule has 0 aliphatic rings. The third kappa shape index (κ3) is 4.31. The van der Waals surface area contributed by atoms with Crippen molar-refractivity contribution < 1.29 is 0 Å². The molecule has 0 aliphatic heterocycles. The summed E-state index contributed by atoms with van der Waals surface area (Å²) in [7, 11) is 5.11. The molecule has 14 heteroatoms. The van der Waals surface area contributed by atoms with E-state index in [1.165, 1.54) is 28.2 Å². The van der Waals surface area contributed by atoms with E-state index < -0.39 is 34.1 Å². The molecule has 13 nitrogen and oxygen atoms in total. The molecule has 0 spiro atoms. The predicted molar refractivity (Wildman–Crippen MR) is 110 cm³/mol. The molecule has 0 aliphatic carbocycles. The Bertz CT molecular complexity index is 1110. The van der Waals surface area contributed by atoms with Gasteiger partial charge in [0.15, 0.2) is 0 Å². The summed E-state index contributed by atoms with van der Waals surface area (Å²) in [6.45, 7) is 0.748. The molecule has 0 saturated heterocycles. The zero-order chi connectivity index (χ0) is 22.7. The maximum atomic E-state index is 12.3. The van der Waals surface area contributed by atoms with Gasteiger partial charge in [0.1, 0.15) is 0 Å². The van der Waals surface area contributed by atoms with Crippen molar-refractivity contribution in [2.75, 3.05) is 25.5 Å². The monoisotopic (exact) mass is 445 g/mol. The first-order valence-electron chi connectivity index (χ1n) is 9.05. The van der Waals surface area contributed by atoms with Crippen molar-refractivity contribution in [3.63, 3.8) is 0 Å². The van der Waals surface area contributed by atoms with E-state index >= 15 is 0 Å². The van der Waals surface area contributed by atoms with E-state index in [-0.39, 0.29) is 32.1 Å². The molecule has 2 rings (SSSR count). The van der Waals surface area contributed by atoms with Crippen LogP contribution in [0.2, 0.25) is 0 Å². The van der Waals surface area contributed by atoms with Crippen LogP contribution in [0.25, 0.3) is 0 Å². The number of halogens is 1. The fraction of sp³-hybridized carbons (Fsp3) is 0.625. The lowest BCUT2D eigenvalue weighted by Crippen LogP contribution is -2.54. The Kier molecular flexibility index (Phi) is 7.21. The molecule has 0 unspecified atom stereocenters. The van der Waals surface area contributed by atoms with Crippen LogP contribution >= 0.6 is 11.6 Å². The van der Waals surface area contributed by atoms with Gasteiger partial charge in [-0.25, -0.2) is 56.2 Å². The fourth-order valence-electron chi connectivity index (χ4n) is 2.99. The Morgan fingerprint density at radius 1 is 0.567 bits per heavy atom. The summed E-state index contributed by atoms with van der Waals surface area (Å²) in [6, 6.07) is 0. The van der Waals surface area contributed by atoms with Crippen LogP contribution in [0.3, 0.4) is 0 Å². The van der Waals surface area contributed by atoms with Gasteiger partial charge in [-0.1, -0.05) is 0 Å². The molecule has 0 aromatic carbocycles. The smallest absolute Gasteiger partial charge is 0.299 e. The van der Waals surface area contributed by atoms with E-state index in [2.05, 4.69) is 0 Å². The molecule has 2 aromatic heterocycles. The lowest BCUT2D eigenvalue weighted by atomic mass is 10.4. The molecule has 166 valence electrons. The molecular formula is C16H24ClN7O6. The standard InChI is InChI=1S/C16H24ClN7O6/c1-18-11(25)19(2)14(28)23(13(18)27)9-7-22(6-5-17)8-10-24-15(29)20(3)12(26)21(4)16(24)30/h5-10H2,1-4H3. The Morgan fingerprint density at radius 3 is 1.13 bits per heavy atom. The molecule has 0 N–H and O–H groups in total. The van der Waals surface area contributed by atoms with Crippen LogP contribution < -0.4 is 34.1 Å². The second kappa shape index (κ2) is 9.26. The van der Waals surface area contributed by atoms with Gasteiger partial charge in [0, 0.05) is 66.8 Å². The van der Waals surface area contributed by atoms with Crippen molar-refractivity contribution in [1.82, 2.24) is 32.3 Å².